The first-order chi connectivity index (χ1) is 6.65. The van der Waals surface area contributed by atoms with E-state index >= 15 is 0 Å². The van der Waals surface area contributed by atoms with E-state index in [1.165, 1.54) is 0 Å². The van der Waals surface area contributed by atoms with Crippen LogP contribution in [0.5, 0.6) is 0 Å². The summed E-state index contributed by atoms with van der Waals surface area (Å²) in [5.41, 5.74) is 0. The van der Waals surface area contributed by atoms with Gasteiger partial charge in [-0.2, -0.15) is 12.6 Å². The Hall–Kier alpha value is -0.710. The molecule has 0 fully saturated rings. The molecule has 0 unspecified atom stereocenters. The zero-order valence-electron chi connectivity index (χ0n) is 8.58. The molecule has 0 heterocycles. The zero-order chi connectivity index (χ0) is 11.0. The standard InChI is InChI=1S/C9H17NO3S/c1-3-5-13-9(12)7(6-14)10-8(11)4-2/h7,14H,3-6H2,1-2H3,(H,10,11)/t7-/m0/s1. The first-order valence-electron chi connectivity index (χ1n) is 4.72. The number of carbonyl (C=O) groups excluding carboxylic acids is 2. The van der Waals surface area contributed by atoms with Gasteiger partial charge in [-0.3, -0.25) is 4.79 Å². The fourth-order valence-corrected chi connectivity index (χ4v) is 1.02. The molecule has 0 aromatic rings. The van der Waals surface area contributed by atoms with Crippen LogP contribution in [0.3, 0.4) is 0 Å². The number of amides is 1. The van der Waals surface area contributed by atoms with E-state index < -0.39 is 12.0 Å². The predicted octanol–water partition coefficient (Wildman–Crippen LogP) is 0.764. The molecule has 1 N–H and O–H groups in total. The smallest absolute Gasteiger partial charge is 0.329 e. The molecule has 0 aliphatic carbocycles. The Morgan fingerprint density at radius 2 is 2.07 bits per heavy atom. The van der Waals surface area contributed by atoms with Crippen molar-refractivity contribution in [3.05, 3.63) is 0 Å². The molecule has 14 heavy (non-hydrogen) atoms. The Bertz CT molecular complexity index is 196. The summed E-state index contributed by atoms with van der Waals surface area (Å²) in [6, 6.07) is -0.627. The molecule has 0 aromatic carbocycles. The van der Waals surface area contributed by atoms with Crippen LogP contribution in [0.4, 0.5) is 0 Å². The van der Waals surface area contributed by atoms with Crippen molar-refractivity contribution in [2.24, 2.45) is 0 Å². The molecular weight excluding hydrogens is 202 g/mol. The third-order valence-electron chi connectivity index (χ3n) is 1.57. The van der Waals surface area contributed by atoms with E-state index in [9.17, 15) is 9.59 Å². The maximum Gasteiger partial charge on any atom is 0.329 e. The lowest BCUT2D eigenvalue weighted by Gasteiger charge is -2.14. The van der Waals surface area contributed by atoms with Crippen molar-refractivity contribution in [3.8, 4) is 0 Å². The second kappa shape index (κ2) is 7.67. The second-order valence-corrected chi connectivity index (χ2v) is 3.19. The average Bonchev–Trinajstić information content (AvgIpc) is 2.21. The van der Waals surface area contributed by atoms with Crippen LogP contribution in [0.2, 0.25) is 0 Å². The van der Waals surface area contributed by atoms with Crippen LogP contribution in [0.25, 0.3) is 0 Å². The minimum absolute atomic E-state index is 0.169. The van der Waals surface area contributed by atoms with Crippen LogP contribution in [-0.4, -0.2) is 30.3 Å². The normalized spacial score (nSPS) is 11.9. The lowest BCUT2D eigenvalue weighted by molar-refractivity contribution is -0.147. The molecule has 5 heteroatoms. The van der Waals surface area contributed by atoms with Gasteiger partial charge < -0.3 is 10.1 Å². The third-order valence-corrected chi connectivity index (χ3v) is 1.94. The molecule has 4 nitrogen and oxygen atoms in total. The zero-order valence-corrected chi connectivity index (χ0v) is 9.47. The molecule has 0 saturated carbocycles. The number of rotatable bonds is 6. The Morgan fingerprint density at radius 1 is 1.43 bits per heavy atom. The minimum atomic E-state index is -0.627. The van der Waals surface area contributed by atoms with Crippen molar-refractivity contribution in [2.45, 2.75) is 32.7 Å². The molecule has 0 spiro atoms. The molecule has 82 valence electrons. The van der Waals surface area contributed by atoms with Gasteiger partial charge in [0.15, 0.2) is 0 Å². The number of hydrogen-bond donors (Lipinski definition) is 2. The summed E-state index contributed by atoms with van der Waals surface area (Å²) in [5.74, 6) is -0.324. The molecule has 0 bridgehead atoms. The van der Waals surface area contributed by atoms with Crippen molar-refractivity contribution in [1.82, 2.24) is 5.32 Å². The summed E-state index contributed by atoms with van der Waals surface area (Å²) in [6.07, 6.45) is 1.12. The second-order valence-electron chi connectivity index (χ2n) is 2.82. The quantitative estimate of drug-likeness (QED) is 0.512. The first-order valence-corrected chi connectivity index (χ1v) is 5.35. The first kappa shape index (κ1) is 13.3. The van der Waals surface area contributed by atoms with Crippen molar-refractivity contribution >= 4 is 24.5 Å². The molecular formula is C9H17NO3S. The fourth-order valence-electron chi connectivity index (χ4n) is 0.779. The number of hydrogen-bond acceptors (Lipinski definition) is 4. The SMILES string of the molecule is CCCOC(=O)[C@H](CS)NC(=O)CC. The number of thiol groups is 1. The summed E-state index contributed by atoms with van der Waals surface area (Å²) < 4.78 is 4.89. The van der Waals surface area contributed by atoms with Crippen molar-refractivity contribution in [2.75, 3.05) is 12.4 Å². The minimum Gasteiger partial charge on any atom is -0.464 e. The van der Waals surface area contributed by atoms with Gasteiger partial charge in [0.05, 0.1) is 6.61 Å². The van der Waals surface area contributed by atoms with Gasteiger partial charge in [0, 0.05) is 12.2 Å². The highest BCUT2D eigenvalue weighted by atomic mass is 32.1. The van der Waals surface area contributed by atoms with Gasteiger partial charge >= 0.3 is 5.97 Å². The molecule has 0 saturated heterocycles. The van der Waals surface area contributed by atoms with Crippen LogP contribution in [0.1, 0.15) is 26.7 Å². The third kappa shape index (κ3) is 5.11. The predicted molar refractivity (Wildman–Crippen MR) is 57.3 cm³/mol. The molecule has 0 aromatic heterocycles. The van der Waals surface area contributed by atoms with E-state index in [0.29, 0.717) is 13.0 Å². The monoisotopic (exact) mass is 219 g/mol. The molecule has 0 aliphatic rings. The van der Waals surface area contributed by atoms with E-state index in [0.717, 1.165) is 6.42 Å². The summed E-state index contributed by atoms with van der Waals surface area (Å²) in [6.45, 7) is 4.01. The Balaban J connectivity index is 3.98. The Morgan fingerprint density at radius 3 is 2.50 bits per heavy atom. The van der Waals surface area contributed by atoms with Crippen LogP contribution in [-0.2, 0) is 14.3 Å². The number of carbonyl (C=O) groups is 2. The Labute approximate surface area is 89.8 Å². The summed E-state index contributed by atoms with van der Waals surface area (Å²) in [5, 5.41) is 2.54. The molecule has 1 atom stereocenters. The Kier molecular flexibility index (Phi) is 7.28. The molecule has 0 aliphatic heterocycles. The molecule has 0 rings (SSSR count). The maximum absolute atomic E-state index is 11.3. The number of ether oxygens (including phenoxy) is 1. The fraction of sp³-hybridized carbons (Fsp3) is 0.778. The summed E-state index contributed by atoms with van der Waals surface area (Å²) in [7, 11) is 0. The highest BCUT2D eigenvalue weighted by Gasteiger charge is 2.19. The lowest BCUT2D eigenvalue weighted by atomic mass is 10.3. The topological polar surface area (TPSA) is 55.4 Å². The van der Waals surface area contributed by atoms with Crippen molar-refractivity contribution < 1.29 is 14.3 Å². The molecule has 0 radical (unpaired) electrons. The van der Waals surface area contributed by atoms with Gasteiger partial charge in [-0.05, 0) is 6.42 Å². The maximum atomic E-state index is 11.3. The largest absolute Gasteiger partial charge is 0.464 e. The van der Waals surface area contributed by atoms with E-state index in [-0.39, 0.29) is 11.7 Å². The van der Waals surface area contributed by atoms with Crippen LogP contribution < -0.4 is 5.32 Å². The van der Waals surface area contributed by atoms with E-state index in [1.54, 1.807) is 6.92 Å². The van der Waals surface area contributed by atoms with Crippen LogP contribution >= 0.6 is 12.6 Å². The van der Waals surface area contributed by atoms with Crippen molar-refractivity contribution in [1.29, 1.82) is 0 Å². The van der Waals surface area contributed by atoms with E-state index in [4.69, 9.17) is 4.74 Å². The van der Waals surface area contributed by atoms with Gasteiger partial charge in [-0.1, -0.05) is 13.8 Å². The lowest BCUT2D eigenvalue weighted by Crippen LogP contribution is -2.43. The van der Waals surface area contributed by atoms with Crippen LogP contribution in [0, 0.1) is 0 Å². The summed E-state index contributed by atoms with van der Waals surface area (Å²) in [4.78, 5) is 22.3. The van der Waals surface area contributed by atoms with Gasteiger partial charge in [0.2, 0.25) is 5.91 Å². The van der Waals surface area contributed by atoms with Gasteiger partial charge in [-0.15, -0.1) is 0 Å². The van der Waals surface area contributed by atoms with Gasteiger partial charge in [0.25, 0.3) is 0 Å². The van der Waals surface area contributed by atoms with Gasteiger partial charge in [0.1, 0.15) is 6.04 Å². The van der Waals surface area contributed by atoms with E-state index in [1.807, 2.05) is 6.92 Å². The number of nitrogens with one attached hydrogen (secondary N) is 1. The average molecular weight is 219 g/mol. The van der Waals surface area contributed by atoms with Gasteiger partial charge in [-0.25, -0.2) is 4.79 Å². The highest BCUT2D eigenvalue weighted by Crippen LogP contribution is 1.94. The summed E-state index contributed by atoms with van der Waals surface area (Å²) >= 11 is 3.97. The molecule has 1 amide bonds. The van der Waals surface area contributed by atoms with Crippen LogP contribution in [0.15, 0.2) is 0 Å². The number of esters is 1. The van der Waals surface area contributed by atoms with Crippen molar-refractivity contribution in [3.63, 3.8) is 0 Å². The highest BCUT2D eigenvalue weighted by molar-refractivity contribution is 7.80. The van der Waals surface area contributed by atoms with E-state index in [2.05, 4.69) is 17.9 Å².